The summed E-state index contributed by atoms with van der Waals surface area (Å²) in [5, 5.41) is 6.17. The molecule has 3 fully saturated rings. The second-order valence-electron chi connectivity index (χ2n) is 9.07. The summed E-state index contributed by atoms with van der Waals surface area (Å²) >= 11 is 0. The molecule has 6 heteroatoms. The third-order valence-corrected chi connectivity index (χ3v) is 6.94. The second kappa shape index (κ2) is 8.20. The molecule has 0 atom stereocenters. The van der Waals surface area contributed by atoms with Crippen molar-refractivity contribution < 1.29 is 18.6 Å². The monoisotopic (exact) mass is 408 g/mol. The fourth-order valence-corrected chi connectivity index (χ4v) is 4.83. The molecular weight excluding hydrogens is 376 g/mol. The van der Waals surface area contributed by atoms with Crippen molar-refractivity contribution in [3.8, 4) is 0 Å². The highest BCUT2D eigenvalue weighted by Gasteiger charge is 2.50. The first-order chi connectivity index (χ1) is 14.4. The lowest BCUT2D eigenvalue weighted by Crippen LogP contribution is -2.76. The van der Waals surface area contributed by atoms with Crippen LogP contribution in [0.4, 0.5) is 11.4 Å². The molecule has 5 rings (SSSR count). The summed E-state index contributed by atoms with van der Waals surface area (Å²) in [5.74, 6) is 0.173. The number of amides is 2. The average molecular weight is 409 g/mol. The molecule has 30 heavy (non-hydrogen) atoms. The van der Waals surface area contributed by atoms with Gasteiger partial charge in [0.05, 0.1) is 0 Å². The molecule has 0 saturated carbocycles. The average Bonchev–Trinajstić information content (AvgIpc) is 2.73. The van der Waals surface area contributed by atoms with Crippen molar-refractivity contribution in [2.75, 3.05) is 63.0 Å². The molecule has 3 saturated heterocycles. The molecule has 2 N–H and O–H groups in total. The maximum Gasteiger partial charge on any atom is 0.279 e. The number of hydrogen-bond acceptors (Lipinski definition) is 2. The highest BCUT2D eigenvalue weighted by atomic mass is 16.2. The smallest absolute Gasteiger partial charge is 0.279 e. The number of quaternary nitrogens is 2. The van der Waals surface area contributed by atoms with E-state index < -0.39 is 0 Å². The number of carbonyl (C=O) groups excluding carboxylic acids is 2. The Morgan fingerprint density at radius 2 is 1.00 bits per heavy atom. The van der Waals surface area contributed by atoms with Crippen molar-refractivity contribution in [3.63, 3.8) is 0 Å². The number of fused-ring (bicyclic) bond motifs is 3. The molecule has 0 spiro atoms. The summed E-state index contributed by atoms with van der Waals surface area (Å²) in [4.78, 5) is 25.4. The molecule has 0 radical (unpaired) electrons. The molecule has 6 nitrogen and oxygen atoms in total. The first-order valence-electron chi connectivity index (χ1n) is 10.8. The molecule has 3 aliphatic heterocycles. The van der Waals surface area contributed by atoms with Gasteiger partial charge in [-0.05, 0) is 37.1 Å². The van der Waals surface area contributed by atoms with Crippen molar-refractivity contribution in [2.24, 2.45) is 0 Å². The molecule has 3 aliphatic rings. The molecule has 158 valence electrons. The van der Waals surface area contributed by atoms with Gasteiger partial charge in [-0.25, -0.2) is 0 Å². The highest BCUT2D eigenvalue weighted by Crippen LogP contribution is 2.27. The summed E-state index contributed by atoms with van der Waals surface area (Å²) in [6.45, 7) is 10.8. The van der Waals surface area contributed by atoms with Gasteiger partial charge < -0.3 is 19.6 Å². The summed E-state index contributed by atoms with van der Waals surface area (Å²) < 4.78 is 1.69. The molecule has 0 unspecified atom stereocenters. The number of anilines is 2. The van der Waals surface area contributed by atoms with E-state index in [-0.39, 0.29) is 11.8 Å². The van der Waals surface area contributed by atoms with Crippen LogP contribution in [0.15, 0.2) is 48.5 Å². The minimum absolute atomic E-state index is 0.0866. The van der Waals surface area contributed by atoms with E-state index in [4.69, 9.17) is 0 Å². The number of rotatable bonds is 6. The van der Waals surface area contributed by atoms with Gasteiger partial charge >= 0.3 is 0 Å². The van der Waals surface area contributed by atoms with Gasteiger partial charge in [-0.3, -0.25) is 9.59 Å². The summed E-state index contributed by atoms with van der Waals surface area (Å²) in [6.07, 6.45) is 0. The molecule has 2 aromatic carbocycles. The van der Waals surface area contributed by atoms with E-state index in [9.17, 15) is 9.59 Å². The Morgan fingerprint density at radius 1 is 0.667 bits per heavy atom. The van der Waals surface area contributed by atoms with Gasteiger partial charge in [0.2, 0.25) is 0 Å². The van der Waals surface area contributed by atoms with Gasteiger partial charge in [0.25, 0.3) is 11.8 Å². The zero-order valence-electron chi connectivity index (χ0n) is 18.0. The van der Waals surface area contributed by atoms with Crippen LogP contribution >= 0.6 is 0 Å². The van der Waals surface area contributed by atoms with Crippen LogP contribution in [0, 0.1) is 13.8 Å². The van der Waals surface area contributed by atoms with E-state index in [1.54, 1.807) is 0 Å². The molecule has 2 aromatic rings. The maximum atomic E-state index is 12.7. The van der Waals surface area contributed by atoms with Gasteiger partial charge in [0.15, 0.2) is 13.1 Å². The standard InChI is InChI=1S/C24H30N4O2/c1-19-7-3-5-9-21(19)25-23(29)17-27-11-14-28(15-12-27,16-13-27)18-24(30)26-22-10-6-4-8-20(22)2/h3-10H,11-18H2,1-2H3/p+2. The van der Waals surface area contributed by atoms with Crippen LogP contribution in [0.2, 0.25) is 0 Å². The first-order valence-corrected chi connectivity index (χ1v) is 10.8. The van der Waals surface area contributed by atoms with Crippen LogP contribution in [-0.2, 0) is 9.59 Å². The van der Waals surface area contributed by atoms with Crippen molar-refractivity contribution in [3.05, 3.63) is 59.7 Å². The molecule has 2 bridgehead atoms. The van der Waals surface area contributed by atoms with Crippen molar-refractivity contribution in [1.29, 1.82) is 0 Å². The highest BCUT2D eigenvalue weighted by molar-refractivity contribution is 5.93. The lowest BCUT2D eigenvalue weighted by molar-refractivity contribution is -1.07. The maximum absolute atomic E-state index is 12.7. The van der Waals surface area contributed by atoms with Gasteiger partial charge in [-0.1, -0.05) is 36.4 Å². The van der Waals surface area contributed by atoms with E-state index in [1.807, 2.05) is 62.4 Å². The van der Waals surface area contributed by atoms with Gasteiger partial charge in [-0.2, -0.15) is 0 Å². The number of para-hydroxylation sites is 2. The zero-order valence-corrected chi connectivity index (χ0v) is 18.0. The number of nitrogens with one attached hydrogen (secondary N) is 2. The fourth-order valence-electron chi connectivity index (χ4n) is 4.83. The number of aryl methyl sites for hydroxylation is 2. The first kappa shape index (κ1) is 20.6. The third-order valence-electron chi connectivity index (χ3n) is 6.94. The largest absolute Gasteiger partial charge is 0.321 e. The molecule has 0 aliphatic carbocycles. The second-order valence-corrected chi connectivity index (χ2v) is 9.07. The van der Waals surface area contributed by atoms with Crippen LogP contribution in [0.25, 0.3) is 0 Å². The Balaban J connectivity index is 1.32. The zero-order chi connectivity index (χ0) is 21.2. The van der Waals surface area contributed by atoms with E-state index in [0.717, 1.165) is 70.7 Å². The van der Waals surface area contributed by atoms with Gasteiger partial charge in [0.1, 0.15) is 39.3 Å². The van der Waals surface area contributed by atoms with Crippen LogP contribution in [0.3, 0.4) is 0 Å². The molecule has 2 amide bonds. The van der Waals surface area contributed by atoms with Crippen LogP contribution < -0.4 is 10.6 Å². The lowest BCUT2D eigenvalue weighted by Gasteiger charge is -2.54. The van der Waals surface area contributed by atoms with Crippen LogP contribution in [-0.4, -0.2) is 73.1 Å². The minimum Gasteiger partial charge on any atom is -0.321 e. The molecular formula is C24H32N4O2+2. The van der Waals surface area contributed by atoms with Crippen LogP contribution in [0.1, 0.15) is 11.1 Å². The predicted molar refractivity (Wildman–Crippen MR) is 119 cm³/mol. The number of piperazine rings is 3. The van der Waals surface area contributed by atoms with E-state index in [0.29, 0.717) is 13.1 Å². The van der Waals surface area contributed by atoms with Crippen LogP contribution in [0.5, 0.6) is 0 Å². The minimum atomic E-state index is 0.0866. The van der Waals surface area contributed by atoms with E-state index in [2.05, 4.69) is 10.6 Å². The summed E-state index contributed by atoms with van der Waals surface area (Å²) in [6, 6.07) is 15.8. The number of hydrogen-bond donors (Lipinski definition) is 2. The molecule has 3 heterocycles. The Morgan fingerprint density at radius 3 is 1.33 bits per heavy atom. The Labute approximate surface area is 178 Å². The van der Waals surface area contributed by atoms with Gasteiger partial charge in [0, 0.05) is 11.4 Å². The van der Waals surface area contributed by atoms with Crippen molar-refractivity contribution in [2.45, 2.75) is 13.8 Å². The van der Waals surface area contributed by atoms with E-state index in [1.165, 1.54) is 0 Å². The Hall–Kier alpha value is -2.70. The number of carbonyl (C=O) groups is 2. The van der Waals surface area contributed by atoms with Gasteiger partial charge in [-0.15, -0.1) is 0 Å². The van der Waals surface area contributed by atoms with Crippen molar-refractivity contribution >= 4 is 23.2 Å². The Kier molecular flexibility index (Phi) is 5.62. The topological polar surface area (TPSA) is 58.2 Å². The SMILES string of the molecule is Cc1ccccc1NC(=O)C[N+]12CC[N+](CC(=O)Nc3ccccc3C)(CC1)CC2. The summed E-state index contributed by atoms with van der Waals surface area (Å²) in [5.41, 5.74) is 3.96. The lowest BCUT2D eigenvalue weighted by atomic mass is 10.1. The third kappa shape index (κ3) is 4.40. The number of nitrogens with zero attached hydrogens (tertiary/aromatic N) is 2. The van der Waals surface area contributed by atoms with Crippen molar-refractivity contribution in [1.82, 2.24) is 0 Å². The fraction of sp³-hybridized carbons (Fsp3) is 0.417. The number of benzene rings is 2. The predicted octanol–water partition coefficient (Wildman–Crippen LogP) is 2.54. The summed E-state index contributed by atoms with van der Waals surface area (Å²) in [7, 11) is 0. The Bertz CT molecular complexity index is 854. The molecule has 0 aromatic heterocycles. The van der Waals surface area contributed by atoms with E-state index >= 15 is 0 Å². The quantitative estimate of drug-likeness (QED) is 0.722. The normalized spacial score (nSPS) is 25.0.